The Hall–Kier alpha value is -10.3. The number of thiazole rings is 1. The number of hydrogen-bond acceptors (Lipinski definition) is 13. The van der Waals surface area contributed by atoms with E-state index in [2.05, 4.69) is 89.0 Å². The first-order chi connectivity index (χ1) is 46.8. The summed E-state index contributed by atoms with van der Waals surface area (Å²) in [4.78, 5) is 29.5. The molecule has 3 radical (unpaired) electrons. The van der Waals surface area contributed by atoms with Crippen LogP contribution in [-0.4, -0.2) is 105 Å². The van der Waals surface area contributed by atoms with Gasteiger partial charge in [-0.1, -0.05) is 161 Å². The van der Waals surface area contributed by atoms with Crippen LogP contribution in [0, 0.1) is 55.5 Å². The molecule has 0 aliphatic carbocycles. The number of nitrogens with zero attached hydrogens (tertiary/aromatic N) is 16. The fourth-order valence-electron chi connectivity index (χ4n) is 9.43. The first-order valence-electron chi connectivity index (χ1n) is 29.5. The van der Waals surface area contributed by atoms with E-state index in [0.29, 0.717) is 23.1 Å². The number of rotatable bonds is 13. The molecule has 0 atom stereocenters. The van der Waals surface area contributed by atoms with Crippen molar-refractivity contribution in [3.63, 3.8) is 0 Å². The van der Waals surface area contributed by atoms with E-state index < -0.39 is 11.6 Å². The fourth-order valence-corrected chi connectivity index (χ4v) is 10.0. The Morgan fingerprint density at radius 3 is 1.66 bits per heavy atom. The number of halogens is 2. The summed E-state index contributed by atoms with van der Waals surface area (Å²) in [6, 6.07) is 54.1. The number of aromatic nitrogens is 16. The van der Waals surface area contributed by atoms with Gasteiger partial charge in [0.15, 0.2) is 0 Å². The standard InChI is InChI=1S/C14H12N3.C13H11N4.C12H8N3S.2C12H13N2O2.C10H7F2N2.3Ir/c1-16-11-9-15-14(16)17-10-5-8-13(17)12-6-3-2-4-7-12;1-16-8-13(15-10-16)17-9-14-7-12(17)11-5-3-2-4-6-11;1-2-4-10(5-3-1)11-13-6-8-15(11)12-14-7-9-16-12;1-14-7-6-13-12(14)10-5-4-9(15-2)8-11(10)16-3;1-9-6-7-13-14(9)11-5-4-10(15-2)8-12(11)16-3;1-14-5-4-13-10(14)8-3-2-7(11)6-9(8)12;;;/h2-9,11H,1H3;2-8,10H,1H3;1-7,9H;2*4,6-8H,1-3H3;2,4-6H,1H3;;;/q6*-1;;;. The molecule has 20 nitrogen and oxygen atoms in total. The van der Waals surface area contributed by atoms with E-state index in [1.165, 1.54) is 0 Å². The van der Waals surface area contributed by atoms with Crippen molar-refractivity contribution in [3.05, 3.63) is 280 Å². The van der Waals surface area contributed by atoms with Crippen LogP contribution < -0.4 is 18.9 Å². The van der Waals surface area contributed by atoms with E-state index in [1.807, 2.05) is 189 Å². The summed E-state index contributed by atoms with van der Waals surface area (Å²) in [5.74, 6) is 5.34. The average molecular weight is 1880 g/mol. The number of aryl methyl sites for hydroxylation is 5. The Kier molecular flexibility index (Phi) is 28.8. The van der Waals surface area contributed by atoms with Gasteiger partial charge in [0.25, 0.3) is 0 Å². The fraction of sp³-hybridized carbons (Fsp3) is 0.123. The van der Waals surface area contributed by atoms with Gasteiger partial charge in [0.05, 0.1) is 57.4 Å². The minimum absolute atomic E-state index is 0. The van der Waals surface area contributed by atoms with Crippen molar-refractivity contribution in [1.82, 2.24) is 76.6 Å². The van der Waals surface area contributed by atoms with Crippen LogP contribution in [0.2, 0.25) is 0 Å². The third-order valence-electron chi connectivity index (χ3n) is 14.2. The van der Waals surface area contributed by atoms with Crippen molar-refractivity contribution in [3.8, 4) is 102 Å². The smallest absolute Gasteiger partial charge is 0.129 e. The topological polar surface area (TPSA) is 179 Å². The summed E-state index contributed by atoms with van der Waals surface area (Å²) in [6.07, 6.45) is 30.4. The molecule has 9 heterocycles. The maximum Gasteiger partial charge on any atom is 0.129 e. The normalized spacial score (nSPS) is 10.1. The van der Waals surface area contributed by atoms with Crippen LogP contribution in [0.15, 0.2) is 225 Å². The third kappa shape index (κ3) is 19.3. The van der Waals surface area contributed by atoms with E-state index in [-0.39, 0.29) is 65.9 Å². The quantitative estimate of drug-likeness (QED) is 0.0999. The zero-order chi connectivity index (χ0) is 67.3. The van der Waals surface area contributed by atoms with Crippen molar-refractivity contribution in [2.45, 2.75) is 6.92 Å². The molecule has 513 valence electrons. The predicted octanol–water partition coefficient (Wildman–Crippen LogP) is 13.6. The van der Waals surface area contributed by atoms with Crippen LogP contribution in [0.3, 0.4) is 0 Å². The Labute approximate surface area is 616 Å². The molecule has 0 bridgehead atoms. The molecule has 0 fully saturated rings. The molecule has 0 N–H and O–H groups in total. The molecule has 0 saturated carbocycles. The van der Waals surface area contributed by atoms with Crippen molar-refractivity contribution in [1.29, 1.82) is 0 Å². The number of hydrogen-bond donors (Lipinski definition) is 0. The van der Waals surface area contributed by atoms with Crippen LogP contribution in [0.4, 0.5) is 8.78 Å². The van der Waals surface area contributed by atoms with Crippen LogP contribution in [0.1, 0.15) is 5.69 Å². The van der Waals surface area contributed by atoms with Gasteiger partial charge in [0.2, 0.25) is 0 Å². The maximum atomic E-state index is 13.3. The van der Waals surface area contributed by atoms with E-state index in [1.54, 1.807) is 124 Å². The SMILES string of the molecule is COc1c[c-]c(-c2nccn2C)c(OC)c1.COc1c[c-]c(-n2nccc2C)c(OC)c1.Cn1ccnc1-c1[c-]cc(F)cc1F.Cn1ccnc1-n1[c-]ccc1-c1ccccc1.Cn1cnc(-n2[c-]ncc2-c2ccccc2)c1.[Ir].[Ir].[Ir].[c-]1cnc(-c2ccccc2)n1-c1nccs1. The maximum absolute atomic E-state index is 13.3. The summed E-state index contributed by atoms with van der Waals surface area (Å²) >= 11 is 1.57. The molecule has 15 rings (SSSR count). The van der Waals surface area contributed by atoms with Crippen molar-refractivity contribution >= 4 is 11.3 Å². The predicted molar refractivity (Wildman–Crippen MR) is 363 cm³/mol. The Bertz CT molecular complexity index is 4760. The van der Waals surface area contributed by atoms with Crippen LogP contribution >= 0.6 is 11.3 Å². The number of benzene rings is 6. The molecule has 0 amide bonds. The summed E-state index contributed by atoms with van der Waals surface area (Å²) in [6.45, 7) is 1.98. The van der Waals surface area contributed by atoms with Gasteiger partial charge in [-0.15, -0.1) is 42.5 Å². The van der Waals surface area contributed by atoms with E-state index >= 15 is 0 Å². The number of ether oxygens (including phenoxy) is 4. The van der Waals surface area contributed by atoms with Gasteiger partial charge in [-0.05, 0) is 35.8 Å². The molecule has 0 aliphatic rings. The number of imidazole rings is 6. The summed E-state index contributed by atoms with van der Waals surface area (Å²) in [7, 11) is 14.0. The minimum atomic E-state index is -0.653. The summed E-state index contributed by atoms with van der Waals surface area (Å²) in [5.41, 5.74) is 8.24. The molecule has 0 saturated heterocycles. The molecular weight excluding hydrogens is 1810 g/mol. The second-order valence-electron chi connectivity index (χ2n) is 20.5. The second-order valence-corrected chi connectivity index (χ2v) is 21.4. The first-order valence-corrected chi connectivity index (χ1v) is 30.4. The average Bonchev–Trinajstić information content (AvgIpc) is 1.68. The number of methoxy groups -OCH3 is 4. The Balaban J connectivity index is 0.000000166. The van der Waals surface area contributed by atoms with Gasteiger partial charge in [0.1, 0.15) is 5.95 Å². The van der Waals surface area contributed by atoms with Crippen molar-refractivity contribution < 1.29 is 88.0 Å². The monoisotopic (exact) mass is 1880 g/mol. The van der Waals surface area contributed by atoms with Gasteiger partial charge in [0, 0.05) is 197 Å². The third-order valence-corrected chi connectivity index (χ3v) is 14.9. The van der Waals surface area contributed by atoms with E-state index in [9.17, 15) is 8.78 Å². The Morgan fingerprint density at radius 1 is 0.515 bits per heavy atom. The minimum Gasteiger partial charge on any atom is -0.554 e. The molecule has 9 aromatic heterocycles. The summed E-state index contributed by atoms with van der Waals surface area (Å²) < 4.78 is 61.6. The summed E-state index contributed by atoms with van der Waals surface area (Å²) in [5, 5.41) is 7.04. The van der Waals surface area contributed by atoms with Gasteiger partial charge in [-0.3, -0.25) is 38.4 Å². The Morgan fingerprint density at radius 2 is 1.11 bits per heavy atom. The molecule has 26 heteroatoms. The van der Waals surface area contributed by atoms with E-state index in [4.69, 9.17) is 18.9 Å². The van der Waals surface area contributed by atoms with Crippen molar-refractivity contribution in [2.75, 3.05) is 28.4 Å². The molecular formula is C73H64F2Ir3N16O4S-6. The zero-order valence-corrected chi connectivity index (χ0v) is 62.8. The van der Waals surface area contributed by atoms with Crippen LogP contribution in [0.5, 0.6) is 23.0 Å². The zero-order valence-electron chi connectivity index (χ0n) is 54.8. The van der Waals surface area contributed by atoms with E-state index in [0.717, 1.165) is 91.5 Å². The molecule has 15 aromatic rings. The van der Waals surface area contributed by atoms with Gasteiger partial charge in [-0.2, -0.15) is 22.5 Å². The van der Waals surface area contributed by atoms with Gasteiger partial charge < -0.3 is 60.9 Å². The second kappa shape index (κ2) is 37.4. The van der Waals surface area contributed by atoms with Gasteiger partial charge >= 0.3 is 0 Å². The molecule has 0 unspecified atom stereocenters. The largest absolute Gasteiger partial charge is 0.554 e. The molecule has 99 heavy (non-hydrogen) atoms. The van der Waals surface area contributed by atoms with Crippen LogP contribution in [0.25, 0.3) is 79.3 Å². The molecule has 6 aromatic carbocycles. The molecule has 0 aliphatic heterocycles. The van der Waals surface area contributed by atoms with Crippen LogP contribution in [-0.2, 0) is 88.5 Å². The van der Waals surface area contributed by atoms with Gasteiger partial charge in [-0.25, -0.2) is 0 Å². The van der Waals surface area contributed by atoms with Crippen molar-refractivity contribution in [2.24, 2.45) is 28.2 Å². The first kappa shape index (κ1) is 76.1. The molecule has 0 spiro atoms.